The second-order valence-corrected chi connectivity index (χ2v) is 10.4. The summed E-state index contributed by atoms with van der Waals surface area (Å²) < 4.78 is 33.4. The second kappa shape index (κ2) is 8.47. The van der Waals surface area contributed by atoms with Gasteiger partial charge in [-0.15, -0.1) is 0 Å². The van der Waals surface area contributed by atoms with Gasteiger partial charge in [-0.1, -0.05) is 23.2 Å². The number of nitrogens with one attached hydrogen (secondary N) is 2. The molecule has 1 fully saturated rings. The number of benzene rings is 2. The number of hydrogen-bond acceptors (Lipinski definition) is 7. The van der Waals surface area contributed by atoms with Crippen LogP contribution in [0.1, 0.15) is 25.7 Å². The molecule has 2 aromatic heterocycles. The van der Waals surface area contributed by atoms with Gasteiger partial charge in [-0.05, 0) is 72.4 Å². The number of halogens is 2. The van der Waals surface area contributed by atoms with Crippen molar-refractivity contribution in [3.63, 3.8) is 0 Å². The molecule has 0 unspecified atom stereocenters. The lowest BCUT2D eigenvalue weighted by molar-refractivity contribution is 0.315. The summed E-state index contributed by atoms with van der Waals surface area (Å²) in [6, 6.07) is 10.6. The van der Waals surface area contributed by atoms with Gasteiger partial charge >= 0.3 is 0 Å². The zero-order valence-electron chi connectivity index (χ0n) is 16.8. The van der Waals surface area contributed by atoms with Crippen LogP contribution in [0.4, 0.5) is 5.69 Å². The molecule has 4 aromatic rings. The van der Waals surface area contributed by atoms with Crippen LogP contribution >= 0.6 is 23.2 Å². The van der Waals surface area contributed by atoms with Crippen molar-refractivity contribution < 1.29 is 13.0 Å². The Morgan fingerprint density at radius 3 is 2.50 bits per heavy atom. The Morgan fingerprint density at radius 2 is 1.69 bits per heavy atom. The third-order valence-corrected chi connectivity index (χ3v) is 7.82. The van der Waals surface area contributed by atoms with E-state index in [9.17, 15) is 8.42 Å². The number of pyridine rings is 1. The molecular weight excluding hydrogens is 473 g/mol. The van der Waals surface area contributed by atoms with Crippen LogP contribution in [0.25, 0.3) is 21.9 Å². The second-order valence-electron chi connectivity index (χ2n) is 7.84. The molecule has 0 atom stereocenters. The summed E-state index contributed by atoms with van der Waals surface area (Å²) in [7, 11) is -3.79. The van der Waals surface area contributed by atoms with Crippen LogP contribution in [0, 0.1) is 0 Å². The maximum Gasteiger partial charge on any atom is 0.243 e. The van der Waals surface area contributed by atoms with Crippen LogP contribution in [0.2, 0.25) is 10.0 Å². The van der Waals surface area contributed by atoms with Crippen molar-refractivity contribution in [1.29, 1.82) is 0 Å². The van der Waals surface area contributed by atoms with E-state index in [1.807, 2.05) is 24.3 Å². The Kier molecular flexibility index (Phi) is 5.66. The summed E-state index contributed by atoms with van der Waals surface area (Å²) >= 11 is 12.1. The molecule has 0 radical (unpaired) electrons. The first-order chi connectivity index (χ1) is 15.4. The van der Waals surface area contributed by atoms with Crippen LogP contribution in [0.3, 0.4) is 0 Å². The van der Waals surface area contributed by atoms with Crippen LogP contribution in [0.15, 0.2) is 52.1 Å². The predicted octanol–water partition coefficient (Wildman–Crippen LogP) is 4.78. The summed E-state index contributed by atoms with van der Waals surface area (Å²) in [6.45, 7) is 0. The zero-order chi connectivity index (χ0) is 22.3. The highest BCUT2D eigenvalue weighted by Crippen LogP contribution is 2.30. The molecule has 1 aliphatic rings. The molecule has 0 amide bonds. The highest BCUT2D eigenvalue weighted by atomic mass is 35.5. The molecule has 8 nitrogen and oxygen atoms in total. The maximum atomic E-state index is 13.0. The lowest BCUT2D eigenvalue weighted by Crippen LogP contribution is -2.40. The van der Waals surface area contributed by atoms with E-state index < -0.39 is 10.0 Å². The van der Waals surface area contributed by atoms with Gasteiger partial charge < -0.3 is 5.32 Å². The molecule has 166 valence electrons. The highest BCUT2D eigenvalue weighted by Gasteiger charge is 2.28. The monoisotopic (exact) mass is 491 g/mol. The van der Waals surface area contributed by atoms with Crippen molar-refractivity contribution in [2.45, 2.75) is 42.7 Å². The van der Waals surface area contributed by atoms with Crippen LogP contribution < -0.4 is 10.0 Å². The maximum absolute atomic E-state index is 13.0. The first kappa shape index (κ1) is 21.4. The van der Waals surface area contributed by atoms with Gasteiger partial charge in [-0.2, -0.15) is 0 Å². The van der Waals surface area contributed by atoms with Crippen LogP contribution in [-0.2, 0) is 10.0 Å². The van der Waals surface area contributed by atoms with Gasteiger partial charge in [0.2, 0.25) is 10.0 Å². The molecule has 11 heteroatoms. The number of rotatable bonds is 5. The van der Waals surface area contributed by atoms with Crippen molar-refractivity contribution in [1.82, 2.24) is 20.0 Å². The van der Waals surface area contributed by atoms with E-state index in [4.69, 9.17) is 23.2 Å². The van der Waals surface area contributed by atoms with Crippen LogP contribution in [-0.4, -0.2) is 35.8 Å². The predicted molar refractivity (Wildman–Crippen MR) is 124 cm³/mol. The van der Waals surface area contributed by atoms with Crippen LogP contribution in [0.5, 0.6) is 0 Å². The van der Waals surface area contributed by atoms with Gasteiger partial charge in [0.1, 0.15) is 4.90 Å². The number of aromatic nitrogens is 3. The molecular formula is C21H19Cl2N5O3S. The quantitative estimate of drug-likeness (QED) is 0.413. The number of sulfonamides is 1. The van der Waals surface area contributed by atoms with Crippen molar-refractivity contribution >= 4 is 60.8 Å². The summed E-state index contributed by atoms with van der Waals surface area (Å²) in [6.07, 6.45) is 4.82. The molecule has 0 spiro atoms. The molecule has 2 aromatic carbocycles. The number of anilines is 1. The summed E-state index contributed by atoms with van der Waals surface area (Å²) in [5.41, 5.74) is 2.19. The number of hydrogen-bond donors (Lipinski definition) is 2. The molecule has 2 N–H and O–H groups in total. The van der Waals surface area contributed by atoms with Gasteiger partial charge in [-0.3, -0.25) is 4.98 Å². The van der Waals surface area contributed by atoms with E-state index in [0.717, 1.165) is 29.4 Å². The van der Waals surface area contributed by atoms with E-state index in [-0.39, 0.29) is 33.0 Å². The normalized spacial score (nSPS) is 19.4. The Labute approximate surface area is 194 Å². The Morgan fingerprint density at radius 1 is 0.938 bits per heavy atom. The van der Waals surface area contributed by atoms with Crippen molar-refractivity contribution in [2.75, 3.05) is 5.32 Å². The first-order valence-electron chi connectivity index (χ1n) is 10.1. The van der Waals surface area contributed by atoms with Gasteiger partial charge in [-0.25, -0.2) is 17.8 Å². The number of nitrogens with zero attached hydrogens (tertiary/aromatic N) is 3. The standard InChI is InChI=1S/C21H19Cl2N5O3S/c22-12-1-6-15-17(9-10-24-18(15)11-12)25-13-2-4-14(5-3-13)28-32(29,30)19-8-7-16(23)20-21(19)27-31-26-20/h1,6-11,13-14,28H,2-5H2,(H,24,25)/t13-,14+. The van der Waals surface area contributed by atoms with Crippen molar-refractivity contribution in [3.05, 3.63) is 52.6 Å². The third-order valence-electron chi connectivity index (χ3n) is 5.73. The van der Waals surface area contributed by atoms with Crippen molar-refractivity contribution in [3.8, 4) is 0 Å². The Bertz CT molecular complexity index is 1400. The molecule has 2 heterocycles. The summed E-state index contributed by atoms with van der Waals surface area (Å²) in [5, 5.41) is 12.9. The molecule has 5 rings (SSSR count). The minimum Gasteiger partial charge on any atom is -0.382 e. The van der Waals surface area contributed by atoms with Gasteiger partial charge in [0.25, 0.3) is 0 Å². The van der Waals surface area contributed by atoms with Gasteiger partial charge in [0.15, 0.2) is 11.0 Å². The SMILES string of the molecule is O=S(=O)(N[C@H]1CC[C@@H](Nc2ccnc3cc(Cl)ccc23)CC1)c1ccc(Cl)c2nonc12. The molecule has 1 aliphatic carbocycles. The van der Waals surface area contributed by atoms with Gasteiger partial charge in [0.05, 0.1) is 10.5 Å². The smallest absolute Gasteiger partial charge is 0.243 e. The fourth-order valence-electron chi connectivity index (χ4n) is 4.14. The van der Waals surface area contributed by atoms with E-state index in [1.54, 1.807) is 6.20 Å². The topological polar surface area (TPSA) is 110 Å². The first-order valence-corrected chi connectivity index (χ1v) is 12.4. The van der Waals surface area contributed by atoms with Crippen molar-refractivity contribution in [2.24, 2.45) is 0 Å². The molecule has 0 bridgehead atoms. The lowest BCUT2D eigenvalue weighted by Gasteiger charge is -2.30. The fourth-order valence-corrected chi connectivity index (χ4v) is 5.93. The largest absolute Gasteiger partial charge is 0.382 e. The minimum atomic E-state index is -3.79. The zero-order valence-corrected chi connectivity index (χ0v) is 19.1. The molecule has 0 saturated heterocycles. The third kappa shape index (κ3) is 4.13. The molecule has 1 saturated carbocycles. The lowest BCUT2D eigenvalue weighted by atomic mass is 9.91. The van der Waals surface area contributed by atoms with E-state index in [1.165, 1.54) is 12.1 Å². The Hall–Kier alpha value is -2.46. The molecule has 0 aliphatic heterocycles. The molecule has 32 heavy (non-hydrogen) atoms. The van der Waals surface area contributed by atoms with E-state index in [2.05, 4.69) is 30.0 Å². The summed E-state index contributed by atoms with van der Waals surface area (Å²) in [4.78, 5) is 4.39. The van der Waals surface area contributed by atoms with E-state index in [0.29, 0.717) is 17.9 Å². The van der Waals surface area contributed by atoms with Gasteiger partial charge in [0, 0.05) is 34.4 Å². The summed E-state index contributed by atoms with van der Waals surface area (Å²) in [5.74, 6) is 0. The highest BCUT2D eigenvalue weighted by molar-refractivity contribution is 7.89. The van der Waals surface area contributed by atoms with E-state index >= 15 is 0 Å². The minimum absolute atomic E-state index is 0.0142. The average Bonchev–Trinajstić information content (AvgIpc) is 3.25. The average molecular weight is 492 g/mol. The Balaban J connectivity index is 1.26. The number of fused-ring (bicyclic) bond motifs is 2. The fraction of sp³-hybridized carbons (Fsp3) is 0.286.